The Balaban J connectivity index is 2.83. The van der Waals surface area contributed by atoms with E-state index in [0.717, 1.165) is 6.42 Å². The summed E-state index contributed by atoms with van der Waals surface area (Å²) in [5.41, 5.74) is 2.85. The van der Waals surface area contributed by atoms with Gasteiger partial charge in [-0.25, -0.2) is 0 Å². The van der Waals surface area contributed by atoms with Crippen molar-refractivity contribution in [2.24, 2.45) is 0 Å². The zero-order valence-corrected chi connectivity index (χ0v) is 10.9. The van der Waals surface area contributed by atoms with Crippen LogP contribution in [0.1, 0.15) is 25.0 Å². The fourth-order valence-electron chi connectivity index (χ4n) is 1.42. The SMILES string of the molecule is CNC(C)(C)Cc1ccc(Br)c(C)c1. The number of rotatable bonds is 3. The highest BCUT2D eigenvalue weighted by atomic mass is 79.9. The molecule has 1 aromatic carbocycles. The monoisotopic (exact) mass is 255 g/mol. The maximum Gasteiger partial charge on any atom is 0.0204 e. The van der Waals surface area contributed by atoms with E-state index in [1.165, 1.54) is 15.6 Å². The molecule has 2 heteroatoms. The van der Waals surface area contributed by atoms with Crippen LogP contribution >= 0.6 is 15.9 Å². The van der Waals surface area contributed by atoms with Crippen LogP contribution in [0.5, 0.6) is 0 Å². The van der Waals surface area contributed by atoms with E-state index in [1.807, 2.05) is 7.05 Å². The molecule has 0 amide bonds. The molecule has 0 saturated heterocycles. The Hall–Kier alpha value is -0.340. The van der Waals surface area contributed by atoms with Gasteiger partial charge in [-0.15, -0.1) is 0 Å². The highest BCUT2D eigenvalue weighted by Gasteiger charge is 2.15. The van der Waals surface area contributed by atoms with Crippen molar-refractivity contribution in [1.82, 2.24) is 5.32 Å². The van der Waals surface area contributed by atoms with Crippen LogP contribution in [0.3, 0.4) is 0 Å². The van der Waals surface area contributed by atoms with Gasteiger partial charge in [0.1, 0.15) is 0 Å². The Bertz CT molecular complexity index is 318. The van der Waals surface area contributed by atoms with Crippen LogP contribution in [0.25, 0.3) is 0 Å². The molecule has 0 spiro atoms. The molecule has 0 bridgehead atoms. The van der Waals surface area contributed by atoms with E-state index in [9.17, 15) is 0 Å². The predicted octanol–water partition coefficient (Wildman–Crippen LogP) is 3.30. The van der Waals surface area contributed by atoms with Gasteiger partial charge in [0.25, 0.3) is 0 Å². The van der Waals surface area contributed by atoms with Gasteiger partial charge in [-0.2, -0.15) is 0 Å². The predicted molar refractivity (Wildman–Crippen MR) is 65.7 cm³/mol. The van der Waals surface area contributed by atoms with Crippen LogP contribution in [0.4, 0.5) is 0 Å². The molecule has 0 atom stereocenters. The van der Waals surface area contributed by atoms with Gasteiger partial charge in [0.15, 0.2) is 0 Å². The minimum Gasteiger partial charge on any atom is -0.314 e. The Morgan fingerprint density at radius 3 is 2.50 bits per heavy atom. The molecule has 78 valence electrons. The van der Waals surface area contributed by atoms with Gasteiger partial charge in [0.2, 0.25) is 0 Å². The summed E-state index contributed by atoms with van der Waals surface area (Å²) in [6.45, 7) is 6.55. The molecule has 1 N–H and O–H groups in total. The largest absolute Gasteiger partial charge is 0.314 e. The molecule has 0 saturated carbocycles. The quantitative estimate of drug-likeness (QED) is 0.875. The molecular weight excluding hydrogens is 238 g/mol. The molecule has 0 aliphatic heterocycles. The van der Waals surface area contributed by atoms with Crippen LogP contribution in [-0.2, 0) is 6.42 Å². The van der Waals surface area contributed by atoms with Gasteiger partial charge < -0.3 is 5.32 Å². The summed E-state index contributed by atoms with van der Waals surface area (Å²) in [5.74, 6) is 0. The lowest BCUT2D eigenvalue weighted by atomic mass is 9.94. The zero-order chi connectivity index (χ0) is 10.8. The van der Waals surface area contributed by atoms with Crippen molar-refractivity contribution < 1.29 is 0 Å². The lowest BCUT2D eigenvalue weighted by molar-refractivity contribution is 0.422. The summed E-state index contributed by atoms with van der Waals surface area (Å²) < 4.78 is 1.18. The van der Waals surface area contributed by atoms with Crippen molar-refractivity contribution in [3.8, 4) is 0 Å². The lowest BCUT2D eigenvalue weighted by Crippen LogP contribution is -2.38. The number of nitrogens with one attached hydrogen (secondary N) is 1. The third-order valence-corrected chi connectivity index (χ3v) is 3.43. The third kappa shape index (κ3) is 3.10. The first kappa shape index (κ1) is 11.7. The molecule has 1 aromatic rings. The maximum absolute atomic E-state index is 3.51. The van der Waals surface area contributed by atoms with E-state index >= 15 is 0 Å². The van der Waals surface area contributed by atoms with Crippen LogP contribution < -0.4 is 5.32 Å². The summed E-state index contributed by atoms with van der Waals surface area (Å²) in [7, 11) is 2.01. The van der Waals surface area contributed by atoms with Crippen molar-refractivity contribution in [2.75, 3.05) is 7.05 Å². The van der Waals surface area contributed by atoms with E-state index in [-0.39, 0.29) is 5.54 Å². The smallest absolute Gasteiger partial charge is 0.0204 e. The minimum atomic E-state index is 0.167. The summed E-state index contributed by atoms with van der Waals surface area (Å²) >= 11 is 3.51. The van der Waals surface area contributed by atoms with Crippen molar-refractivity contribution in [3.63, 3.8) is 0 Å². The van der Waals surface area contributed by atoms with Gasteiger partial charge >= 0.3 is 0 Å². The van der Waals surface area contributed by atoms with Crippen molar-refractivity contribution >= 4 is 15.9 Å². The second-order valence-electron chi connectivity index (χ2n) is 4.39. The van der Waals surface area contributed by atoms with Gasteiger partial charge in [0, 0.05) is 10.0 Å². The van der Waals surface area contributed by atoms with Gasteiger partial charge in [-0.3, -0.25) is 0 Å². The zero-order valence-electron chi connectivity index (χ0n) is 9.32. The second kappa shape index (κ2) is 4.45. The summed E-state index contributed by atoms with van der Waals surface area (Å²) in [6, 6.07) is 6.54. The van der Waals surface area contributed by atoms with E-state index < -0.39 is 0 Å². The Kier molecular flexibility index (Phi) is 3.73. The number of aryl methyl sites for hydroxylation is 1. The van der Waals surface area contributed by atoms with Crippen LogP contribution in [0.15, 0.2) is 22.7 Å². The third-order valence-electron chi connectivity index (χ3n) is 2.55. The molecule has 1 nitrogen and oxygen atoms in total. The highest BCUT2D eigenvalue weighted by molar-refractivity contribution is 9.10. The molecule has 0 radical (unpaired) electrons. The Morgan fingerprint density at radius 1 is 1.36 bits per heavy atom. The van der Waals surface area contributed by atoms with E-state index in [1.54, 1.807) is 0 Å². The van der Waals surface area contributed by atoms with Crippen LogP contribution in [-0.4, -0.2) is 12.6 Å². The molecule has 0 aliphatic carbocycles. The molecule has 0 fully saturated rings. The fraction of sp³-hybridized carbons (Fsp3) is 0.500. The van der Waals surface area contributed by atoms with E-state index in [4.69, 9.17) is 0 Å². The molecule has 0 aromatic heterocycles. The molecule has 14 heavy (non-hydrogen) atoms. The lowest BCUT2D eigenvalue weighted by Gasteiger charge is -2.24. The topological polar surface area (TPSA) is 12.0 Å². The molecular formula is C12H18BrN. The number of benzene rings is 1. The molecule has 0 heterocycles. The van der Waals surface area contributed by atoms with Crippen LogP contribution in [0, 0.1) is 6.92 Å². The first-order chi connectivity index (χ1) is 6.44. The average Bonchev–Trinajstić information content (AvgIpc) is 2.11. The summed E-state index contributed by atoms with van der Waals surface area (Å²) in [6.07, 6.45) is 1.05. The number of hydrogen-bond acceptors (Lipinski definition) is 1. The first-order valence-corrected chi connectivity index (χ1v) is 5.68. The van der Waals surface area contributed by atoms with Gasteiger partial charge in [0.05, 0.1) is 0 Å². The van der Waals surface area contributed by atoms with E-state index in [0.29, 0.717) is 0 Å². The molecule has 0 unspecified atom stereocenters. The standard InChI is InChI=1S/C12H18BrN/c1-9-7-10(5-6-11(9)13)8-12(2,3)14-4/h5-7,14H,8H2,1-4H3. The van der Waals surface area contributed by atoms with Gasteiger partial charge in [-0.05, 0) is 51.4 Å². The van der Waals surface area contributed by atoms with Crippen LogP contribution in [0.2, 0.25) is 0 Å². The second-order valence-corrected chi connectivity index (χ2v) is 5.25. The van der Waals surface area contributed by atoms with E-state index in [2.05, 4.69) is 60.2 Å². The van der Waals surface area contributed by atoms with Crippen molar-refractivity contribution in [2.45, 2.75) is 32.7 Å². The summed E-state index contributed by atoms with van der Waals surface area (Å²) in [5, 5.41) is 3.31. The molecule has 0 aliphatic rings. The highest BCUT2D eigenvalue weighted by Crippen LogP contribution is 2.20. The fourth-order valence-corrected chi connectivity index (χ4v) is 1.66. The maximum atomic E-state index is 3.51. The Labute approximate surface area is 95.0 Å². The Morgan fingerprint density at radius 2 is 2.00 bits per heavy atom. The number of halogens is 1. The average molecular weight is 256 g/mol. The summed E-state index contributed by atoms with van der Waals surface area (Å²) in [4.78, 5) is 0. The number of likely N-dealkylation sites (N-methyl/N-ethyl adjacent to an activating group) is 1. The van der Waals surface area contributed by atoms with Crippen molar-refractivity contribution in [1.29, 1.82) is 0 Å². The first-order valence-electron chi connectivity index (χ1n) is 4.88. The number of hydrogen-bond donors (Lipinski definition) is 1. The van der Waals surface area contributed by atoms with Gasteiger partial charge in [-0.1, -0.05) is 28.1 Å². The normalized spacial score (nSPS) is 11.8. The minimum absolute atomic E-state index is 0.167. The van der Waals surface area contributed by atoms with Crippen molar-refractivity contribution in [3.05, 3.63) is 33.8 Å². The molecule has 1 rings (SSSR count).